The first kappa shape index (κ1) is 27.8. The van der Waals surface area contributed by atoms with Crippen LogP contribution < -0.4 is 33.2 Å². The molecule has 0 aliphatic carbocycles. The number of aliphatic carboxylic acids is 1. The lowest BCUT2D eigenvalue weighted by molar-refractivity contribution is -0.138. The summed E-state index contributed by atoms with van der Waals surface area (Å²) in [5.41, 5.74) is 15.8. The van der Waals surface area contributed by atoms with Gasteiger partial charge in [0.25, 0.3) is 0 Å². The fourth-order valence-electron chi connectivity index (χ4n) is 2.52. The van der Waals surface area contributed by atoms with Gasteiger partial charge in [0.05, 0.1) is 6.04 Å². The van der Waals surface area contributed by atoms with Crippen LogP contribution in [0.15, 0.2) is 0 Å². The zero-order chi connectivity index (χ0) is 24.1. The molecule has 5 amide bonds. The second kappa shape index (κ2) is 13.9. The average Bonchev–Trinajstić information content (AvgIpc) is 2.65. The molecule has 13 heteroatoms. The zero-order valence-electron chi connectivity index (χ0n) is 17.7. The molecule has 10 N–H and O–H groups in total. The van der Waals surface area contributed by atoms with Crippen LogP contribution >= 0.6 is 0 Å². The lowest BCUT2D eigenvalue weighted by Gasteiger charge is -2.25. The van der Waals surface area contributed by atoms with E-state index in [0.717, 1.165) is 0 Å². The number of carboxylic acids is 1. The lowest BCUT2D eigenvalue weighted by atomic mass is 10.0. The standard InChI is InChI=1S/C18H32N6O7/c1-9(2)7-12(24-16(29)10(19)3-5-13(20)25)18(31)23-11(4-6-14(21)26)17(30)22-8-15(27)28/h9-12H,3-8,19H2,1-2H3,(H2,20,25)(H2,21,26)(H,22,30)(H,23,31)(H,24,29)(H,27,28). The van der Waals surface area contributed by atoms with Gasteiger partial charge in [0, 0.05) is 12.8 Å². The molecule has 0 radical (unpaired) electrons. The summed E-state index contributed by atoms with van der Waals surface area (Å²) in [5.74, 6) is -4.85. The Morgan fingerprint density at radius 3 is 1.81 bits per heavy atom. The molecular formula is C18H32N6O7. The van der Waals surface area contributed by atoms with Gasteiger partial charge in [-0.15, -0.1) is 0 Å². The van der Waals surface area contributed by atoms with Crippen LogP contribution in [-0.4, -0.2) is 65.3 Å². The molecule has 0 aromatic rings. The molecule has 0 saturated carbocycles. The maximum Gasteiger partial charge on any atom is 0.322 e. The molecule has 0 aromatic carbocycles. The number of rotatable bonds is 15. The van der Waals surface area contributed by atoms with Gasteiger partial charge in [-0.1, -0.05) is 13.8 Å². The number of nitrogens with one attached hydrogen (secondary N) is 3. The van der Waals surface area contributed by atoms with E-state index in [1.54, 1.807) is 0 Å². The maximum atomic E-state index is 12.7. The number of carbonyl (C=O) groups is 6. The molecule has 0 saturated heterocycles. The highest BCUT2D eigenvalue weighted by Crippen LogP contribution is 2.08. The molecule has 0 aliphatic rings. The summed E-state index contributed by atoms with van der Waals surface area (Å²) in [6.45, 7) is 2.94. The molecule has 0 rings (SSSR count). The van der Waals surface area contributed by atoms with Crippen molar-refractivity contribution in [3.8, 4) is 0 Å². The van der Waals surface area contributed by atoms with Crippen molar-refractivity contribution in [1.29, 1.82) is 0 Å². The van der Waals surface area contributed by atoms with E-state index in [4.69, 9.17) is 22.3 Å². The Balaban J connectivity index is 5.27. The summed E-state index contributed by atoms with van der Waals surface area (Å²) < 4.78 is 0. The van der Waals surface area contributed by atoms with Crippen molar-refractivity contribution in [2.24, 2.45) is 23.1 Å². The average molecular weight is 444 g/mol. The van der Waals surface area contributed by atoms with E-state index in [-0.39, 0.29) is 38.0 Å². The van der Waals surface area contributed by atoms with Crippen LogP contribution in [0.5, 0.6) is 0 Å². The van der Waals surface area contributed by atoms with E-state index in [2.05, 4.69) is 16.0 Å². The van der Waals surface area contributed by atoms with Gasteiger partial charge in [-0.3, -0.25) is 28.8 Å². The number of nitrogens with two attached hydrogens (primary N) is 3. The van der Waals surface area contributed by atoms with Gasteiger partial charge in [-0.2, -0.15) is 0 Å². The highest BCUT2D eigenvalue weighted by molar-refractivity contribution is 5.94. The largest absolute Gasteiger partial charge is 0.480 e. The maximum absolute atomic E-state index is 12.7. The third kappa shape index (κ3) is 12.8. The first-order chi connectivity index (χ1) is 14.3. The highest BCUT2D eigenvalue weighted by Gasteiger charge is 2.29. The van der Waals surface area contributed by atoms with Crippen LogP contribution in [0.3, 0.4) is 0 Å². The highest BCUT2D eigenvalue weighted by atomic mass is 16.4. The second-order valence-corrected chi connectivity index (χ2v) is 7.48. The normalized spacial score (nSPS) is 13.5. The Labute approximate surface area is 179 Å². The SMILES string of the molecule is CC(C)CC(NC(=O)C(N)CCC(N)=O)C(=O)NC(CCC(N)=O)C(=O)NCC(=O)O. The van der Waals surface area contributed by atoms with Crippen LogP contribution in [0, 0.1) is 5.92 Å². The molecule has 0 heterocycles. The number of hydrogen-bond acceptors (Lipinski definition) is 7. The quantitative estimate of drug-likeness (QED) is 0.137. The van der Waals surface area contributed by atoms with Gasteiger partial charge >= 0.3 is 5.97 Å². The van der Waals surface area contributed by atoms with Gasteiger partial charge in [-0.05, 0) is 25.2 Å². The van der Waals surface area contributed by atoms with E-state index < -0.39 is 60.2 Å². The minimum Gasteiger partial charge on any atom is -0.480 e. The van der Waals surface area contributed by atoms with Crippen molar-refractivity contribution in [2.75, 3.05) is 6.54 Å². The topological polar surface area (TPSA) is 237 Å². The van der Waals surface area contributed by atoms with E-state index in [0.29, 0.717) is 0 Å². The lowest BCUT2D eigenvalue weighted by Crippen LogP contribution is -2.56. The van der Waals surface area contributed by atoms with E-state index in [1.807, 2.05) is 13.8 Å². The predicted molar refractivity (Wildman–Crippen MR) is 109 cm³/mol. The minimum absolute atomic E-state index is 0.00395. The summed E-state index contributed by atoms with van der Waals surface area (Å²) in [7, 11) is 0. The summed E-state index contributed by atoms with van der Waals surface area (Å²) in [6, 6.07) is -3.37. The molecule has 0 aliphatic heterocycles. The zero-order valence-corrected chi connectivity index (χ0v) is 17.7. The molecule has 31 heavy (non-hydrogen) atoms. The fourth-order valence-corrected chi connectivity index (χ4v) is 2.52. The first-order valence-corrected chi connectivity index (χ1v) is 9.75. The van der Waals surface area contributed by atoms with Crippen LogP contribution in [0.1, 0.15) is 46.0 Å². The Morgan fingerprint density at radius 1 is 0.806 bits per heavy atom. The minimum atomic E-state index is -1.29. The monoisotopic (exact) mass is 444 g/mol. The molecular weight excluding hydrogens is 412 g/mol. The number of carboxylic acid groups (broad SMARTS) is 1. The smallest absolute Gasteiger partial charge is 0.322 e. The number of primary amides is 2. The molecule has 3 atom stereocenters. The Kier molecular flexibility index (Phi) is 12.5. The van der Waals surface area contributed by atoms with Gasteiger partial charge in [0.1, 0.15) is 18.6 Å². The third-order valence-electron chi connectivity index (χ3n) is 4.10. The van der Waals surface area contributed by atoms with Gasteiger partial charge < -0.3 is 38.3 Å². The predicted octanol–water partition coefficient (Wildman–Crippen LogP) is -2.94. The summed E-state index contributed by atoms with van der Waals surface area (Å²) in [5, 5.41) is 15.7. The van der Waals surface area contributed by atoms with Crippen molar-refractivity contribution in [2.45, 2.75) is 64.1 Å². The fraction of sp³-hybridized carbons (Fsp3) is 0.667. The Hall–Kier alpha value is -3.22. The molecule has 3 unspecified atom stereocenters. The van der Waals surface area contributed by atoms with E-state index in [1.165, 1.54) is 0 Å². The van der Waals surface area contributed by atoms with Crippen molar-refractivity contribution in [1.82, 2.24) is 16.0 Å². The van der Waals surface area contributed by atoms with E-state index in [9.17, 15) is 28.8 Å². The molecule has 0 fully saturated rings. The van der Waals surface area contributed by atoms with Gasteiger partial charge in [-0.25, -0.2) is 0 Å². The van der Waals surface area contributed by atoms with E-state index >= 15 is 0 Å². The number of carbonyl (C=O) groups excluding carboxylic acids is 5. The van der Waals surface area contributed by atoms with Crippen molar-refractivity contribution in [3.63, 3.8) is 0 Å². The molecule has 0 aromatic heterocycles. The molecule has 0 bridgehead atoms. The number of hydrogen-bond donors (Lipinski definition) is 7. The first-order valence-electron chi connectivity index (χ1n) is 9.75. The second-order valence-electron chi connectivity index (χ2n) is 7.48. The van der Waals surface area contributed by atoms with Crippen LogP contribution in [-0.2, 0) is 28.8 Å². The molecule has 176 valence electrons. The molecule has 13 nitrogen and oxygen atoms in total. The Morgan fingerprint density at radius 2 is 1.32 bits per heavy atom. The van der Waals surface area contributed by atoms with Crippen molar-refractivity contribution < 1.29 is 33.9 Å². The third-order valence-corrected chi connectivity index (χ3v) is 4.10. The van der Waals surface area contributed by atoms with Crippen molar-refractivity contribution >= 4 is 35.5 Å². The molecule has 0 spiro atoms. The van der Waals surface area contributed by atoms with Crippen LogP contribution in [0.4, 0.5) is 0 Å². The summed E-state index contributed by atoms with van der Waals surface area (Å²) in [4.78, 5) is 69.8. The van der Waals surface area contributed by atoms with Crippen LogP contribution in [0.2, 0.25) is 0 Å². The summed E-state index contributed by atoms with van der Waals surface area (Å²) >= 11 is 0. The summed E-state index contributed by atoms with van der Waals surface area (Å²) in [6.07, 6.45) is -0.290. The Bertz CT molecular complexity index is 682. The number of amides is 5. The van der Waals surface area contributed by atoms with Crippen LogP contribution in [0.25, 0.3) is 0 Å². The van der Waals surface area contributed by atoms with Gasteiger partial charge in [0.2, 0.25) is 29.5 Å². The van der Waals surface area contributed by atoms with Crippen molar-refractivity contribution in [3.05, 3.63) is 0 Å². The van der Waals surface area contributed by atoms with Gasteiger partial charge in [0.15, 0.2) is 0 Å².